The molecule has 0 radical (unpaired) electrons. The summed E-state index contributed by atoms with van der Waals surface area (Å²) >= 11 is 0. The molecule has 304 valence electrons. The fourth-order valence-electron chi connectivity index (χ4n) is 9.93. The summed E-state index contributed by atoms with van der Waals surface area (Å²) in [6.07, 6.45) is 0. The van der Waals surface area contributed by atoms with E-state index in [0.717, 1.165) is 61.4 Å². The lowest BCUT2D eigenvalue weighted by atomic mass is 10.00. The Morgan fingerprint density at radius 2 is 0.785 bits per heavy atom. The molecule has 2 heterocycles. The van der Waals surface area contributed by atoms with Crippen molar-refractivity contribution in [3.8, 4) is 39.1 Å². The highest BCUT2D eigenvalue weighted by Gasteiger charge is 2.18. The quantitative estimate of drug-likeness (QED) is 0.160. The third-order valence-corrected chi connectivity index (χ3v) is 13.2. The van der Waals surface area contributed by atoms with Crippen LogP contribution in [0, 0.1) is 0 Å². The van der Waals surface area contributed by atoms with E-state index in [-0.39, 0.29) is 0 Å². The number of hydrogen-bond acceptors (Lipinski definition) is 2. The Morgan fingerprint density at radius 1 is 0.292 bits per heavy atom. The van der Waals surface area contributed by atoms with Crippen molar-refractivity contribution in [1.29, 1.82) is 0 Å². The van der Waals surface area contributed by atoms with Gasteiger partial charge in [0, 0.05) is 49.7 Å². The second-order valence-electron chi connectivity index (χ2n) is 16.9. The number of furan rings is 1. The van der Waals surface area contributed by atoms with Gasteiger partial charge in [0.2, 0.25) is 0 Å². The lowest BCUT2D eigenvalue weighted by molar-refractivity contribution is 0.669. The SMILES string of the molecule is c1ccc(-n2c3cc(-c4ccc(N(c5ccc(-c6ccc7ccccc7c6)cc5)c5ccc(-c6ccc7oc8ccccc8c7c6)cc5)cc4)ccc3c3ccc4ccccc4c32)cc1. The van der Waals surface area contributed by atoms with Crippen molar-refractivity contribution in [1.82, 2.24) is 4.57 Å². The van der Waals surface area contributed by atoms with Crippen LogP contribution < -0.4 is 4.90 Å². The maximum absolute atomic E-state index is 6.14. The molecule has 13 rings (SSSR count). The lowest BCUT2D eigenvalue weighted by Gasteiger charge is -2.26. The highest BCUT2D eigenvalue weighted by atomic mass is 16.3. The third-order valence-electron chi connectivity index (χ3n) is 13.2. The predicted molar refractivity (Wildman–Crippen MR) is 274 cm³/mol. The van der Waals surface area contributed by atoms with Gasteiger partial charge in [-0.2, -0.15) is 0 Å². The molecule has 0 unspecified atom stereocenters. The average Bonchev–Trinajstić information content (AvgIpc) is 3.92. The maximum Gasteiger partial charge on any atom is 0.135 e. The molecule has 0 aliphatic heterocycles. The summed E-state index contributed by atoms with van der Waals surface area (Å²) < 4.78 is 8.58. The first-order valence-corrected chi connectivity index (χ1v) is 22.2. The van der Waals surface area contributed by atoms with Gasteiger partial charge in [-0.05, 0) is 128 Å². The van der Waals surface area contributed by atoms with Crippen LogP contribution in [0.5, 0.6) is 0 Å². The average molecular weight is 829 g/mol. The molecule has 11 aromatic carbocycles. The minimum Gasteiger partial charge on any atom is -0.456 e. The molecule has 13 aromatic rings. The van der Waals surface area contributed by atoms with E-state index >= 15 is 0 Å². The number of hydrogen-bond donors (Lipinski definition) is 0. The van der Waals surface area contributed by atoms with Crippen LogP contribution in [0.15, 0.2) is 247 Å². The minimum atomic E-state index is 0.903. The molecule has 2 aromatic heterocycles. The van der Waals surface area contributed by atoms with Crippen LogP contribution in [0.4, 0.5) is 17.1 Å². The number of para-hydroxylation sites is 2. The smallest absolute Gasteiger partial charge is 0.135 e. The predicted octanol–water partition coefficient (Wildman–Crippen LogP) is 17.5. The van der Waals surface area contributed by atoms with Gasteiger partial charge in [-0.15, -0.1) is 0 Å². The topological polar surface area (TPSA) is 21.3 Å². The van der Waals surface area contributed by atoms with Gasteiger partial charge < -0.3 is 13.9 Å². The first kappa shape index (κ1) is 36.9. The van der Waals surface area contributed by atoms with Gasteiger partial charge in [-0.3, -0.25) is 0 Å². The zero-order chi connectivity index (χ0) is 42.8. The minimum absolute atomic E-state index is 0.903. The highest BCUT2D eigenvalue weighted by Crippen LogP contribution is 2.41. The number of fused-ring (bicyclic) bond motifs is 9. The molecule has 0 spiro atoms. The second-order valence-corrected chi connectivity index (χ2v) is 16.9. The zero-order valence-electron chi connectivity index (χ0n) is 35.4. The fraction of sp³-hybridized carbons (Fsp3) is 0. The summed E-state index contributed by atoms with van der Waals surface area (Å²) in [5.74, 6) is 0. The normalized spacial score (nSPS) is 11.7. The Labute approximate surface area is 376 Å². The van der Waals surface area contributed by atoms with Crippen LogP contribution in [-0.2, 0) is 0 Å². The van der Waals surface area contributed by atoms with Crippen LogP contribution in [0.25, 0.3) is 104 Å². The third kappa shape index (κ3) is 6.28. The van der Waals surface area contributed by atoms with E-state index < -0.39 is 0 Å². The molecule has 0 atom stereocenters. The molecule has 0 aliphatic carbocycles. The summed E-state index contributed by atoms with van der Waals surface area (Å²) in [5, 5.41) is 9.74. The number of rotatable bonds is 7. The summed E-state index contributed by atoms with van der Waals surface area (Å²) in [7, 11) is 0. The molecule has 0 N–H and O–H groups in total. The molecule has 0 saturated heterocycles. The Bertz CT molecular complexity index is 3920. The number of nitrogens with zero attached hydrogens (tertiary/aromatic N) is 2. The Kier molecular flexibility index (Phi) is 8.53. The van der Waals surface area contributed by atoms with Crippen molar-refractivity contribution in [3.63, 3.8) is 0 Å². The van der Waals surface area contributed by atoms with Crippen molar-refractivity contribution in [2.45, 2.75) is 0 Å². The van der Waals surface area contributed by atoms with Gasteiger partial charge in [0.15, 0.2) is 0 Å². The van der Waals surface area contributed by atoms with E-state index in [0.29, 0.717) is 0 Å². The zero-order valence-corrected chi connectivity index (χ0v) is 35.4. The van der Waals surface area contributed by atoms with E-state index in [1.54, 1.807) is 0 Å². The largest absolute Gasteiger partial charge is 0.456 e. The Morgan fingerprint density at radius 3 is 1.49 bits per heavy atom. The molecular formula is C62H40N2O. The molecule has 0 amide bonds. The fourth-order valence-corrected chi connectivity index (χ4v) is 9.93. The van der Waals surface area contributed by atoms with E-state index in [2.05, 4.69) is 240 Å². The summed E-state index contributed by atoms with van der Waals surface area (Å²) in [5.41, 5.74) is 15.7. The Balaban J connectivity index is 0.898. The van der Waals surface area contributed by atoms with Crippen LogP contribution >= 0.6 is 0 Å². The van der Waals surface area contributed by atoms with Gasteiger partial charge in [-0.1, -0.05) is 164 Å². The van der Waals surface area contributed by atoms with Crippen LogP contribution in [0.2, 0.25) is 0 Å². The summed E-state index contributed by atoms with van der Waals surface area (Å²) in [6, 6.07) is 87.8. The van der Waals surface area contributed by atoms with Crippen molar-refractivity contribution >= 4 is 82.4 Å². The van der Waals surface area contributed by atoms with Gasteiger partial charge in [-0.25, -0.2) is 0 Å². The van der Waals surface area contributed by atoms with E-state index in [1.165, 1.54) is 60.0 Å². The molecule has 65 heavy (non-hydrogen) atoms. The van der Waals surface area contributed by atoms with Gasteiger partial charge in [0.25, 0.3) is 0 Å². The van der Waals surface area contributed by atoms with E-state index in [9.17, 15) is 0 Å². The van der Waals surface area contributed by atoms with E-state index in [1.807, 2.05) is 12.1 Å². The van der Waals surface area contributed by atoms with Gasteiger partial charge >= 0.3 is 0 Å². The first-order chi connectivity index (χ1) is 32.2. The molecule has 3 nitrogen and oxygen atoms in total. The van der Waals surface area contributed by atoms with Crippen molar-refractivity contribution in [2.75, 3.05) is 4.90 Å². The van der Waals surface area contributed by atoms with Crippen LogP contribution in [0.1, 0.15) is 0 Å². The van der Waals surface area contributed by atoms with Crippen molar-refractivity contribution in [3.05, 3.63) is 243 Å². The van der Waals surface area contributed by atoms with E-state index in [4.69, 9.17) is 4.42 Å². The van der Waals surface area contributed by atoms with Crippen molar-refractivity contribution < 1.29 is 4.42 Å². The van der Waals surface area contributed by atoms with Crippen LogP contribution in [-0.4, -0.2) is 4.57 Å². The summed E-state index contributed by atoms with van der Waals surface area (Å²) in [4.78, 5) is 2.35. The summed E-state index contributed by atoms with van der Waals surface area (Å²) in [6.45, 7) is 0. The van der Waals surface area contributed by atoms with Crippen LogP contribution in [0.3, 0.4) is 0 Å². The maximum atomic E-state index is 6.14. The second kappa shape index (κ2) is 15.0. The van der Waals surface area contributed by atoms with Gasteiger partial charge in [0.1, 0.15) is 11.2 Å². The number of aromatic nitrogens is 1. The first-order valence-electron chi connectivity index (χ1n) is 22.2. The number of benzene rings is 11. The van der Waals surface area contributed by atoms with Gasteiger partial charge in [0.05, 0.1) is 11.0 Å². The molecule has 0 saturated carbocycles. The molecule has 0 aliphatic rings. The molecule has 0 fully saturated rings. The standard InChI is InChI=1S/C62H40N2O/c1-2-13-50(14-3-1)64-59-40-49(27-35-55(59)57-36-26-45-11-6-7-15-54(45)62(57)64)44-24-33-53(34-25-44)63(51-29-20-42(21-30-51)47-19-18-41-10-4-5-12-46(41)38-47)52-31-22-43(23-32-52)48-28-37-61-58(39-48)56-16-8-9-17-60(56)65-61/h1-40H. The molecule has 0 bridgehead atoms. The Hall–Kier alpha value is -8.66. The van der Waals surface area contributed by atoms with Crippen molar-refractivity contribution in [2.24, 2.45) is 0 Å². The molecular weight excluding hydrogens is 789 g/mol. The highest BCUT2D eigenvalue weighted by molar-refractivity contribution is 6.19. The monoisotopic (exact) mass is 828 g/mol. The number of anilines is 3. The lowest BCUT2D eigenvalue weighted by Crippen LogP contribution is -2.09. The molecule has 3 heteroatoms.